The summed E-state index contributed by atoms with van der Waals surface area (Å²) < 4.78 is 0. The molecule has 6 atom stereocenters. The van der Waals surface area contributed by atoms with Crippen LogP contribution in [-0.2, 0) is 24.0 Å². The van der Waals surface area contributed by atoms with E-state index >= 15 is 0 Å². The molecule has 0 aromatic heterocycles. The van der Waals surface area contributed by atoms with Crippen molar-refractivity contribution in [3.05, 3.63) is 0 Å². The highest BCUT2D eigenvalue weighted by Crippen LogP contribution is 2.13. The second kappa shape index (κ2) is 23.1. The van der Waals surface area contributed by atoms with E-state index in [4.69, 9.17) is 5.73 Å². The Kier molecular flexibility index (Phi) is 21.8. The zero-order valence-corrected chi connectivity index (χ0v) is 29.0. The van der Waals surface area contributed by atoms with Crippen LogP contribution in [0.3, 0.4) is 0 Å². The number of carbonyl (C=O) groups is 5. The van der Waals surface area contributed by atoms with Gasteiger partial charge in [-0.1, -0.05) is 106 Å². The lowest BCUT2D eigenvalue weighted by atomic mass is 9.95. The fourth-order valence-electron chi connectivity index (χ4n) is 4.79. The van der Waals surface area contributed by atoms with Gasteiger partial charge >= 0.3 is 5.97 Å². The predicted molar refractivity (Wildman–Crippen MR) is 178 cm³/mol. The number of nitrogens with one attached hydrogen (secondary N) is 4. The number of carboxylic acids is 1. The minimum atomic E-state index is -1.15. The Bertz CT molecular complexity index is 887. The van der Waals surface area contributed by atoms with Crippen molar-refractivity contribution in [1.29, 1.82) is 0 Å². The molecule has 44 heavy (non-hydrogen) atoms. The summed E-state index contributed by atoms with van der Waals surface area (Å²) in [6, 6.07) is -4.87. The summed E-state index contributed by atoms with van der Waals surface area (Å²) in [5.74, 6) is -3.99. The molecule has 0 aliphatic carbocycles. The van der Waals surface area contributed by atoms with Crippen molar-refractivity contribution < 1.29 is 29.1 Å². The second-order valence-electron chi connectivity index (χ2n) is 12.7. The molecule has 12 heteroatoms. The molecule has 0 aromatic carbocycles. The largest absolute Gasteiger partial charge is 0.480 e. The molecule has 0 radical (unpaired) electrons. The highest BCUT2D eigenvalue weighted by atomic mass is 32.1. The van der Waals surface area contributed by atoms with Crippen molar-refractivity contribution in [2.75, 3.05) is 5.75 Å². The fraction of sp³-hybridized carbons (Fsp3) is 0.844. The van der Waals surface area contributed by atoms with Crippen molar-refractivity contribution in [2.45, 2.75) is 149 Å². The van der Waals surface area contributed by atoms with E-state index in [2.05, 4.69) is 40.8 Å². The first-order valence-corrected chi connectivity index (χ1v) is 17.1. The van der Waals surface area contributed by atoms with Crippen LogP contribution < -0.4 is 27.0 Å². The first kappa shape index (κ1) is 41.7. The molecule has 4 amide bonds. The van der Waals surface area contributed by atoms with Gasteiger partial charge in [0.15, 0.2) is 0 Å². The third-order valence-electron chi connectivity index (χ3n) is 7.88. The standard InChI is InChI=1S/C32H61N5O6S/c1-8-10-11-12-13-14-15-16-17-23(33)28(38)35-25(19-44)29(39)36-26(21(5)6)30(40)37-27(22(7)9-2)31(41)34-24(32(42)43)18-20(3)4/h20-27,44H,8-19,33H2,1-7H3,(H,34,41)(H,35,38)(H,36,39)(H,37,40)(H,42,43)/t22-,23?,24-,25-,26-,27-/m0/s1. The molecule has 0 rings (SSSR count). The van der Waals surface area contributed by atoms with Crippen molar-refractivity contribution in [3.8, 4) is 0 Å². The van der Waals surface area contributed by atoms with Crippen LogP contribution in [0.4, 0.5) is 0 Å². The molecule has 0 aliphatic rings. The molecule has 0 aliphatic heterocycles. The number of unbranched alkanes of at least 4 members (excludes halogenated alkanes) is 7. The number of rotatable bonds is 24. The molecule has 256 valence electrons. The van der Waals surface area contributed by atoms with Crippen LogP contribution in [0.25, 0.3) is 0 Å². The molecule has 0 aromatic rings. The number of amides is 4. The maximum absolute atomic E-state index is 13.4. The van der Waals surface area contributed by atoms with Gasteiger partial charge in [0.2, 0.25) is 23.6 Å². The van der Waals surface area contributed by atoms with Gasteiger partial charge in [-0.05, 0) is 30.6 Å². The summed E-state index contributed by atoms with van der Waals surface area (Å²) in [5, 5.41) is 20.2. The van der Waals surface area contributed by atoms with Gasteiger partial charge in [0.1, 0.15) is 24.2 Å². The SMILES string of the molecule is CCCCCCCCCCC(N)C(=O)N[C@@H](CS)C(=O)N[C@H](C(=O)N[C@H](C(=O)N[C@@H](CC(C)C)C(=O)O)[C@@H](C)CC)C(C)C. The molecule has 0 fully saturated rings. The summed E-state index contributed by atoms with van der Waals surface area (Å²) in [5.41, 5.74) is 6.10. The van der Waals surface area contributed by atoms with Gasteiger partial charge in [0.25, 0.3) is 0 Å². The van der Waals surface area contributed by atoms with Crippen molar-refractivity contribution >= 4 is 42.2 Å². The molecule has 0 saturated heterocycles. The van der Waals surface area contributed by atoms with Crippen LogP contribution in [0.1, 0.15) is 119 Å². The summed E-state index contributed by atoms with van der Waals surface area (Å²) >= 11 is 4.23. The minimum Gasteiger partial charge on any atom is -0.480 e. The topological polar surface area (TPSA) is 180 Å². The normalized spacial score (nSPS) is 15.5. The first-order chi connectivity index (χ1) is 20.7. The molecule has 1 unspecified atom stereocenters. The molecule has 11 nitrogen and oxygen atoms in total. The molecule has 0 bridgehead atoms. The summed E-state index contributed by atoms with van der Waals surface area (Å²) in [4.78, 5) is 64.1. The van der Waals surface area contributed by atoms with Crippen LogP contribution >= 0.6 is 12.6 Å². The van der Waals surface area contributed by atoms with Crippen molar-refractivity contribution in [2.24, 2.45) is 23.5 Å². The number of carbonyl (C=O) groups excluding carboxylic acids is 4. The lowest BCUT2D eigenvalue weighted by Crippen LogP contribution is -2.61. The van der Waals surface area contributed by atoms with Gasteiger partial charge in [-0.3, -0.25) is 19.2 Å². The Morgan fingerprint density at radius 2 is 1.18 bits per heavy atom. The number of thiol groups is 1. The minimum absolute atomic E-state index is 0.00118. The summed E-state index contributed by atoms with van der Waals surface area (Å²) in [7, 11) is 0. The lowest BCUT2D eigenvalue weighted by molar-refractivity contribution is -0.143. The number of hydrogen-bond donors (Lipinski definition) is 7. The fourth-order valence-corrected chi connectivity index (χ4v) is 5.05. The zero-order valence-electron chi connectivity index (χ0n) is 28.1. The molecule has 0 saturated carbocycles. The van der Waals surface area contributed by atoms with E-state index in [1.807, 2.05) is 20.8 Å². The Labute approximate surface area is 270 Å². The van der Waals surface area contributed by atoms with E-state index in [0.29, 0.717) is 12.8 Å². The Morgan fingerprint density at radius 1 is 0.682 bits per heavy atom. The average molecular weight is 644 g/mol. The quantitative estimate of drug-likeness (QED) is 0.0621. The highest BCUT2D eigenvalue weighted by Gasteiger charge is 2.34. The van der Waals surface area contributed by atoms with Gasteiger partial charge in [-0.15, -0.1) is 0 Å². The maximum Gasteiger partial charge on any atom is 0.326 e. The molecule has 0 heterocycles. The number of carboxylic acid groups (broad SMARTS) is 1. The lowest BCUT2D eigenvalue weighted by Gasteiger charge is -2.30. The highest BCUT2D eigenvalue weighted by molar-refractivity contribution is 7.80. The maximum atomic E-state index is 13.4. The average Bonchev–Trinajstić information content (AvgIpc) is 2.96. The first-order valence-electron chi connectivity index (χ1n) is 16.5. The molecule has 7 N–H and O–H groups in total. The number of aliphatic carboxylic acids is 1. The van der Waals surface area contributed by atoms with Crippen LogP contribution in [0, 0.1) is 17.8 Å². The van der Waals surface area contributed by atoms with Gasteiger partial charge in [0.05, 0.1) is 6.04 Å². The van der Waals surface area contributed by atoms with E-state index in [-0.39, 0.29) is 29.9 Å². The van der Waals surface area contributed by atoms with E-state index < -0.39 is 59.8 Å². The van der Waals surface area contributed by atoms with Crippen LogP contribution in [0.15, 0.2) is 0 Å². The predicted octanol–water partition coefficient (Wildman–Crippen LogP) is 3.55. The molecular formula is C32H61N5O6S. The van der Waals surface area contributed by atoms with E-state index in [1.54, 1.807) is 20.8 Å². The van der Waals surface area contributed by atoms with Crippen molar-refractivity contribution in [3.63, 3.8) is 0 Å². The Balaban J connectivity index is 5.26. The van der Waals surface area contributed by atoms with E-state index in [1.165, 1.54) is 32.1 Å². The Hall–Kier alpha value is -2.34. The van der Waals surface area contributed by atoms with Crippen LogP contribution in [0.2, 0.25) is 0 Å². The van der Waals surface area contributed by atoms with Crippen LogP contribution in [0.5, 0.6) is 0 Å². The van der Waals surface area contributed by atoms with Gasteiger partial charge in [-0.2, -0.15) is 12.6 Å². The molecular weight excluding hydrogens is 582 g/mol. The summed E-state index contributed by atoms with van der Waals surface area (Å²) in [6.45, 7) is 13.1. The van der Waals surface area contributed by atoms with E-state index in [9.17, 15) is 29.1 Å². The van der Waals surface area contributed by atoms with E-state index in [0.717, 1.165) is 19.3 Å². The number of nitrogens with two attached hydrogens (primary N) is 1. The summed E-state index contributed by atoms with van der Waals surface area (Å²) in [6.07, 6.45) is 10.4. The third kappa shape index (κ3) is 16.7. The zero-order chi connectivity index (χ0) is 33.8. The van der Waals surface area contributed by atoms with Crippen molar-refractivity contribution in [1.82, 2.24) is 21.3 Å². The van der Waals surface area contributed by atoms with Gasteiger partial charge in [0, 0.05) is 5.75 Å². The number of hydrogen-bond acceptors (Lipinski definition) is 7. The second-order valence-corrected chi connectivity index (χ2v) is 13.1. The molecule has 0 spiro atoms. The third-order valence-corrected chi connectivity index (χ3v) is 8.25. The Morgan fingerprint density at radius 3 is 1.66 bits per heavy atom. The van der Waals surface area contributed by atoms with Crippen LogP contribution in [-0.4, -0.2) is 70.7 Å². The smallest absolute Gasteiger partial charge is 0.326 e. The monoisotopic (exact) mass is 643 g/mol. The van der Waals surface area contributed by atoms with Gasteiger partial charge in [-0.25, -0.2) is 4.79 Å². The van der Waals surface area contributed by atoms with Gasteiger partial charge < -0.3 is 32.1 Å².